The average Bonchev–Trinajstić information content (AvgIpc) is 2.72. The number of hydrogen-bond acceptors (Lipinski definition) is 8. The van der Waals surface area contributed by atoms with Crippen LogP contribution in [0.2, 0.25) is 0 Å². The summed E-state index contributed by atoms with van der Waals surface area (Å²) < 4.78 is 17.1. The van der Waals surface area contributed by atoms with E-state index in [1.807, 2.05) is 12.1 Å². The van der Waals surface area contributed by atoms with Gasteiger partial charge in [0.1, 0.15) is 24.8 Å². The Hall–Kier alpha value is -3.62. The van der Waals surface area contributed by atoms with Gasteiger partial charge in [0.2, 0.25) is 5.88 Å². The van der Waals surface area contributed by atoms with Crippen LogP contribution in [0, 0.1) is 0 Å². The van der Waals surface area contributed by atoms with Crippen molar-refractivity contribution < 1.29 is 13.9 Å². The molecular formula is C19H19FN6O2. The number of pyridine rings is 2. The minimum atomic E-state index is -0.616. The molecule has 0 fully saturated rings. The zero-order valence-corrected chi connectivity index (χ0v) is 15.0. The topological polar surface area (TPSA) is 116 Å². The van der Waals surface area contributed by atoms with Gasteiger partial charge < -0.3 is 15.8 Å². The SMILES string of the molecule is Nc1ncccc1NCc1cc(CC(=O)c2cnc(OCCF)cn2)ccn1. The second-order valence-corrected chi connectivity index (χ2v) is 5.82. The summed E-state index contributed by atoms with van der Waals surface area (Å²) in [7, 11) is 0. The number of rotatable bonds is 9. The molecule has 28 heavy (non-hydrogen) atoms. The van der Waals surface area contributed by atoms with Gasteiger partial charge in [0.05, 0.1) is 30.3 Å². The van der Waals surface area contributed by atoms with Crippen LogP contribution in [0.25, 0.3) is 0 Å². The molecule has 0 atom stereocenters. The van der Waals surface area contributed by atoms with Gasteiger partial charge in [-0.25, -0.2) is 19.3 Å². The number of nitrogens with one attached hydrogen (secondary N) is 1. The third kappa shape index (κ3) is 5.19. The number of ketones is 1. The number of carbonyl (C=O) groups excluding carboxylic acids is 1. The van der Waals surface area contributed by atoms with Crippen LogP contribution in [0.5, 0.6) is 5.88 Å². The lowest BCUT2D eigenvalue weighted by Crippen LogP contribution is -2.09. The third-order valence-corrected chi connectivity index (χ3v) is 3.79. The number of aromatic nitrogens is 4. The molecule has 0 aliphatic heterocycles. The van der Waals surface area contributed by atoms with Crippen LogP contribution in [0.4, 0.5) is 15.9 Å². The van der Waals surface area contributed by atoms with E-state index in [2.05, 4.69) is 25.3 Å². The van der Waals surface area contributed by atoms with Crippen molar-refractivity contribution in [3.8, 4) is 5.88 Å². The average molecular weight is 382 g/mol. The number of Topliss-reactive ketones (excluding diaryl/α,β-unsaturated/α-hetero) is 1. The van der Waals surface area contributed by atoms with Crippen LogP contribution in [0.15, 0.2) is 49.1 Å². The molecule has 3 rings (SSSR count). The number of hydrogen-bond donors (Lipinski definition) is 2. The second-order valence-electron chi connectivity index (χ2n) is 5.82. The molecule has 3 heterocycles. The molecule has 0 aromatic carbocycles. The van der Waals surface area contributed by atoms with Gasteiger partial charge in [-0.3, -0.25) is 9.78 Å². The van der Waals surface area contributed by atoms with E-state index in [1.54, 1.807) is 24.5 Å². The Labute approximate surface area is 161 Å². The first kappa shape index (κ1) is 19.2. The van der Waals surface area contributed by atoms with E-state index < -0.39 is 6.67 Å². The molecule has 0 aliphatic carbocycles. The lowest BCUT2D eigenvalue weighted by molar-refractivity contribution is 0.0987. The summed E-state index contributed by atoms with van der Waals surface area (Å²) in [6, 6.07) is 7.22. The van der Waals surface area contributed by atoms with Crippen LogP contribution in [0.3, 0.4) is 0 Å². The molecule has 0 unspecified atom stereocenters. The number of anilines is 2. The fourth-order valence-electron chi connectivity index (χ4n) is 2.44. The van der Waals surface area contributed by atoms with Crippen molar-refractivity contribution in [3.05, 3.63) is 66.0 Å². The highest BCUT2D eigenvalue weighted by Gasteiger charge is 2.11. The van der Waals surface area contributed by atoms with Gasteiger partial charge >= 0.3 is 0 Å². The monoisotopic (exact) mass is 382 g/mol. The zero-order valence-electron chi connectivity index (χ0n) is 15.0. The van der Waals surface area contributed by atoms with Crippen LogP contribution in [-0.2, 0) is 13.0 Å². The molecule has 0 bridgehead atoms. The van der Waals surface area contributed by atoms with Crippen molar-refractivity contribution in [1.29, 1.82) is 0 Å². The van der Waals surface area contributed by atoms with Gasteiger partial charge in [0, 0.05) is 18.8 Å². The van der Waals surface area contributed by atoms with Crippen molar-refractivity contribution in [2.45, 2.75) is 13.0 Å². The third-order valence-electron chi connectivity index (χ3n) is 3.79. The van der Waals surface area contributed by atoms with Gasteiger partial charge in [-0.05, 0) is 29.8 Å². The van der Waals surface area contributed by atoms with E-state index in [0.29, 0.717) is 12.4 Å². The maximum Gasteiger partial charge on any atom is 0.232 e. The summed E-state index contributed by atoms with van der Waals surface area (Å²) in [6.45, 7) is -0.270. The van der Waals surface area contributed by atoms with E-state index in [4.69, 9.17) is 10.5 Å². The maximum atomic E-state index is 12.4. The number of carbonyl (C=O) groups is 1. The number of nitrogens with zero attached hydrogens (tertiary/aromatic N) is 4. The summed E-state index contributed by atoms with van der Waals surface area (Å²) in [5.74, 6) is 0.402. The van der Waals surface area contributed by atoms with E-state index in [9.17, 15) is 9.18 Å². The first-order valence-electron chi connectivity index (χ1n) is 8.58. The molecule has 3 aromatic heterocycles. The minimum Gasteiger partial charge on any atom is -0.474 e. The normalized spacial score (nSPS) is 10.5. The molecule has 3 aromatic rings. The standard InChI is InChI=1S/C19H19FN6O2/c20-4-7-28-18-12-25-16(11-26-18)17(27)9-13-3-6-22-14(8-13)10-24-15-2-1-5-23-19(15)21/h1-3,5-6,8,11-12,24H,4,7,9-10H2,(H2,21,23). The van der Waals surface area contributed by atoms with Crippen LogP contribution < -0.4 is 15.8 Å². The van der Waals surface area contributed by atoms with Gasteiger partial charge in [-0.2, -0.15) is 0 Å². The molecule has 0 amide bonds. The van der Waals surface area contributed by atoms with E-state index >= 15 is 0 Å². The van der Waals surface area contributed by atoms with Crippen molar-refractivity contribution in [2.24, 2.45) is 0 Å². The maximum absolute atomic E-state index is 12.4. The fraction of sp³-hybridized carbons (Fsp3) is 0.211. The zero-order chi connectivity index (χ0) is 19.8. The number of nitrogens with two attached hydrogens (primary N) is 1. The predicted molar refractivity (Wildman–Crippen MR) is 102 cm³/mol. The predicted octanol–water partition coefficient (Wildman–Crippen LogP) is 2.23. The minimum absolute atomic E-state index is 0.0967. The van der Waals surface area contributed by atoms with Crippen molar-refractivity contribution in [2.75, 3.05) is 24.3 Å². The Kier molecular flexibility index (Phi) is 6.40. The smallest absolute Gasteiger partial charge is 0.232 e. The first-order valence-corrected chi connectivity index (χ1v) is 8.58. The number of nitrogen functional groups attached to an aromatic ring is 1. The Bertz CT molecular complexity index is 936. The van der Waals surface area contributed by atoms with E-state index in [1.165, 1.54) is 12.4 Å². The summed E-state index contributed by atoms with van der Waals surface area (Å²) in [5.41, 5.74) is 8.30. The number of alkyl halides is 1. The summed E-state index contributed by atoms with van der Waals surface area (Å²) in [6.07, 6.45) is 6.05. The highest BCUT2D eigenvalue weighted by atomic mass is 19.1. The van der Waals surface area contributed by atoms with Crippen LogP contribution >= 0.6 is 0 Å². The van der Waals surface area contributed by atoms with E-state index in [0.717, 1.165) is 16.9 Å². The Morgan fingerprint density at radius 2 is 2.04 bits per heavy atom. The molecule has 144 valence electrons. The summed E-state index contributed by atoms with van der Waals surface area (Å²) in [4.78, 5) is 28.7. The highest BCUT2D eigenvalue weighted by Crippen LogP contribution is 2.15. The number of ether oxygens (including phenoxy) is 1. The lowest BCUT2D eigenvalue weighted by atomic mass is 10.1. The van der Waals surface area contributed by atoms with Crippen LogP contribution in [-0.4, -0.2) is 39.0 Å². The fourth-order valence-corrected chi connectivity index (χ4v) is 2.44. The second kappa shape index (κ2) is 9.36. The molecule has 0 spiro atoms. The largest absolute Gasteiger partial charge is 0.474 e. The Morgan fingerprint density at radius 3 is 2.79 bits per heavy atom. The van der Waals surface area contributed by atoms with E-state index in [-0.39, 0.29) is 30.4 Å². The highest BCUT2D eigenvalue weighted by molar-refractivity contribution is 5.95. The molecule has 0 aliphatic rings. The molecule has 9 heteroatoms. The van der Waals surface area contributed by atoms with Gasteiger partial charge in [0.25, 0.3) is 0 Å². The first-order chi connectivity index (χ1) is 13.7. The lowest BCUT2D eigenvalue weighted by Gasteiger charge is -2.09. The quantitative estimate of drug-likeness (QED) is 0.541. The van der Waals surface area contributed by atoms with Gasteiger partial charge in [-0.1, -0.05) is 0 Å². The number of halogens is 1. The molecular weight excluding hydrogens is 363 g/mol. The Morgan fingerprint density at radius 1 is 1.14 bits per heavy atom. The van der Waals surface area contributed by atoms with Crippen LogP contribution in [0.1, 0.15) is 21.7 Å². The molecule has 0 radical (unpaired) electrons. The molecule has 0 saturated heterocycles. The van der Waals surface area contributed by atoms with Gasteiger partial charge in [-0.15, -0.1) is 0 Å². The van der Waals surface area contributed by atoms with Gasteiger partial charge in [0.15, 0.2) is 5.78 Å². The summed E-state index contributed by atoms with van der Waals surface area (Å²) >= 11 is 0. The molecule has 0 saturated carbocycles. The molecule has 3 N–H and O–H groups in total. The Balaban J connectivity index is 1.60. The molecule has 8 nitrogen and oxygen atoms in total. The van der Waals surface area contributed by atoms with Crippen molar-refractivity contribution in [1.82, 2.24) is 19.9 Å². The van der Waals surface area contributed by atoms with Crippen molar-refractivity contribution >= 4 is 17.3 Å². The van der Waals surface area contributed by atoms with Crippen molar-refractivity contribution in [3.63, 3.8) is 0 Å². The summed E-state index contributed by atoms with van der Waals surface area (Å²) in [5, 5.41) is 3.17.